The van der Waals surface area contributed by atoms with Crippen molar-refractivity contribution in [1.82, 2.24) is 0 Å². The molecule has 1 atom stereocenters. The predicted molar refractivity (Wildman–Crippen MR) is 106 cm³/mol. The van der Waals surface area contributed by atoms with Gasteiger partial charge in [-0.1, -0.05) is 32.9 Å². The number of aryl methyl sites for hydroxylation is 2. The fourth-order valence-electron chi connectivity index (χ4n) is 3.57. The molecular formula is C21H27O3P. The van der Waals surface area contributed by atoms with Crippen LogP contribution in [0.3, 0.4) is 0 Å². The lowest BCUT2D eigenvalue weighted by Crippen LogP contribution is -2.19. The molecule has 0 saturated heterocycles. The van der Waals surface area contributed by atoms with Crippen LogP contribution in [0.2, 0.25) is 0 Å². The maximum atomic E-state index is 6.05. The Bertz CT molecular complexity index is 778. The van der Waals surface area contributed by atoms with E-state index in [1.807, 2.05) is 0 Å². The quantitative estimate of drug-likeness (QED) is 0.702. The lowest BCUT2D eigenvalue weighted by Gasteiger charge is -2.28. The van der Waals surface area contributed by atoms with Gasteiger partial charge in [-0.3, -0.25) is 0 Å². The SMILES string of the molecule is COc1c(C)cc(C)c(OC)c1-c1cccc2c1P(C(C)(C)C)CO2. The number of hydrogen-bond donors (Lipinski definition) is 0. The normalized spacial score (nSPS) is 16.4. The van der Waals surface area contributed by atoms with Gasteiger partial charge < -0.3 is 14.2 Å². The zero-order chi connectivity index (χ0) is 18.4. The van der Waals surface area contributed by atoms with Crippen LogP contribution in [0.4, 0.5) is 0 Å². The summed E-state index contributed by atoms with van der Waals surface area (Å²) >= 11 is 0. The minimum absolute atomic E-state index is 0.177. The summed E-state index contributed by atoms with van der Waals surface area (Å²) in [6.07, 6.45) is 0.778. The second-order valence-electron chi connectivity index (χ2n) is 7.48. The largest absolute Gasteiger partial charge is 0.496 e. The van der Waals surface area contributed by atoms with E-state index in [-0.39, 0.29) is 5.16 Å². The zero-order valence-corrected chi connectivity index (χ0v) is 17.1. The minimum Gasteiger partial charge on any atom is -0.496 e. The Balaban J connectivity index is 2.35. The van der Waals surface area contributed by atoms with Crippen LogP contribution in [0.5, 0.6) is 17.2 Å². The number of rotatable bonds is 3. The number of hydrogen-bond acceptors (Lipinski definition) is 3. The molecule has 0 radical (unpaired) electrons. The Kier molecular flexibility index (Phi) is 4.72. The highest BCUT2D eigenvalue weighted by Crippen LogP contribution is 2.57. The van der Waals surface area contributed by atoms with Gasteiger partial charge in [-0.2, -0.15) is 0 Å². The molecule has 3 rings (SSSR count). The van der Waals surface area contributed by atoms with Gasteiger partial charge in [-0.05, 0) is 50.2 Å². The molecule has 1 aliphatic heterocycles. The summed E-state index contributed by atoms with van der Waals surface area (Å²) < 4.78 is 17.6. The Hall–Kier alpha value is -1.73. The van der Waals surface area contributed by atoms with E-state index in [9.17, 15) is 0 Å². The summed E-state index contributed by atoms with van der Waals surface area (Å²) in [4.78, 5) is 0. The van der Waals surface area contributed by atoms with E-state index >= 15 is 0 Å². The molecule has 134 valence electrons. The van der Waals surface area contributed by atoms with E-state index in [2.05, 4.69) is 58.9 Å². The van der Waals surface area contributed by atoms with Crippen molar-refractivity contribution < 1.29 is 14.2 Å². The van der Waals surface area contributed by atoms with E-state index in [1.165, 1.54) is 10.9 Å². The smallest absolute Gasteiger partial charge is 0.133 e. The third-order valence-corrected chi connectivity index (χ3v) is 7.72. The van der Waals surface area contributed by atoms with E-state index in [4.69, 9.17) is 14.2 Å². The van der Waals surface area contributed by atoms with Gasteiger partial charge in [-0.15, -0.1) is 0 Å². The molecular weight excluding hydrogens is 331 g/mol. The summed E-state index contributed by atoms with van der Waals surface area (Å²) in [5.74, 6) is 2.76. The van der Waals surface area contributed by atoms with Crippen molar-refractivity contribution in [1.29, 1.82) is 0 Å². The van der Waals surface area contributed by atoms with E-state index in [1.54, 1.807) is 14.2 Å². The molecule has 2 aromatic carbocycles. The van der Waals surface area contributed by atoms with Crippen molar-refractivity contribution in [3.05, 3.63) is 35.4 Å². The van der Waals surface area contributed by atoms with Gasteiger partial charge >= 0.3 is 0 Å². The Morgan fingerprint density at radius 1 is 1.00 bits per heavy atom. The third kappa shape index (κ3) is 3.00. The highest BCUT2D eigenvalue weighted by atomic mass is 31.1. The molecule has 0 amide bonds. The first-order valence-electron chi connectivity index (χ1n) is 8.55. The average molecular weight is 358 g/mol. The Morgan fingerprint density at radius 3 is 2.12 bits per heavy atom. The van der Waals surface area contributed by atoms with Gasteiger partial charge in [0.05, 0.1) is 19.8 Å². The topological polar surface area (TPSA) is 27.7 Å². The molecule has 0 bridgehead atoms. The summed E-state index contributed by atoms with van der Waals surface area (Å²) in [5, 5.41) is 1.50. The summed E-state index contributed by atoms with van der Waals surface area (Å²) in [6, 6.07) is 8.43. The molecule has 1 unspecified atom stereocenters. The molecule has 1 heterocycles. The number of ether oxygens (including phenoxy) is 3. The van der Waals surface area contributed by atoms with Crippen LogP contribution in [0, 0.1) is 13.8 Å². The molecule has 0 N–H and O–H groups in total. The van der Waals surface area contributed by atoms with Crippen LogP contribution in [-0.4, -0.2) is 25.7 Å². The van der Waals surface area contributed by atoms with Crippen molar-refractivity contribution in [3.8, 4) is 28.4 Å². The molecule has 4 heteroatoms. The molecule has 1 aliphatic rings. The van der Waals surface area contributed by atoms with Gasteiger partial charge in [-0.25, -0.2) is 0 Å². The molecule has 0 aromatic heterocycles. The second-order valence-corrected chi connectivity index (χ2v) is 10.4. The Labute approximate surface area is 152 Å². The highest BCUT2D eigenvalue weighted by molar-refractivity contribution is 7.67. The van der Waals surface area contributed by atoms with Crippen LogP contribution >= 0.6 is 7.92 Å². The zero-order valence-electron chi connectivity index (χ0n) is 16.2. The standard InChI is InChI=1S/C21H27O3P/c1-13-11-14(2)19(23-7)17(18(13)22-6)15-9-8-10-16-20(15)25(12-24-16)21(3,4)5/h8-11H,12H2,1-7H3. The lowest BCUT2D eigenvalue weighted by molar-refractivity contribution is 0.393. The molecule has 0 aliphatic carbocycles. The van der Waals surface area contributed by atoms with Crippen LogP contribution in [-0.2, 0) is 0 Å². The highest BCUT2D eigenvalue weighted by Gasteiger charge is 2.37. The molecule has 0 saturated carbocycles. The first-order chi connectivity index (χ1) is 11.8. The third-order valence-electron chi connectivity index (χ3n) is 4.71. The molecule has 3 nitrogen and oxygen atoms in total. The first kappa shape index (κ1) is 18.1. The summed E-state index contributed by atoms with van der Waals surface area (Å²) in [5.41, 5.74) is 4.46. The molecule has 0 spiro atoms. The van der Waals surface area contributed by atoms with Gasteiger partial charge in [0.25, 0.3) is 0 Å². The van der Waals surface area contributed by atoms with Crippen LogP contribution in [0.1, 0.15) is 31.9 Å². The minimum atomic E-state index is -0.434. The van der Waals surface area contributed by atoms with Gasteiger partial charge in [0, 0.05) is 10.9 Å². The number of benzene rings is 2. The number of methoxy groups -OCH3 is 2. The van der Waals surface area contributed by atoms with Crippen molar-refractivity contribution >= 4 is 13.2 Å². The Morgan fingerprint density at radius 2 is 1.60 bits per heavy atom. The van der Waals surface area contributed by atoms with Crippen LogP contribution < -0.4 is 19.5 Å². The average Bonchev–Trinajstić information content (AvgIpc) is 2.98. The number of fused-ring (bicyclic) bond motifs is 1. The predicted octanol–water partition coefficient (Wildman–Crippen LogP) is 5.24. The molecule has 0 fully saturated rings. The second kappa shape index (κ2) is 6.53. The molecule has 25 heavy (non-hydrogen) atoms. The molecule has 2 aromatic rings. The fraction of sp³-hybridized carbons (Fsp3) is 0.429. The monoisotopic (exact) mass is 358 g/mol. The van der Waals surface area contributed by atoms with Crippen molar-refractivity contribution in [2.75, 3.05) is 20.6 Å². The van der Waals surface area contributed by atoms with Crippen LogP contribution in [0.15, 0.2) is 24.3 Å². The maximum absolute atomic E-state index is 6.05. The lowest BCUT2D eigenvalue weighted by atomic mass is 9.97. The van der Waals surface area contributed by atoms with Crippen molar-refractivity contribution in [2.45, 2.75) is 39.8 Å². The summed E-state index contributed by atoms with van der Waals surface area (Å²) in [6.45, 7) is 11.1. The van der Waals surface area contributed by atoms with Crippen LogP contribution in [0.25, 0.3) is 11.1 Å². The van der Waals surface area contributed by atoms with Crippen molar-refractivity contribution in [2.24, 2.45) is 0 Å². The van der Waals surface area contributed by atoms with Gasteiger partial charge in [0.2, 0.25) is 0 Å². The fourth-order valence-corrected chi connectivity index (χ4v) is 5.91. The van der Waals surface area contributed by atoms with E-state index in [0.29, 0.717) is 0 Å². The first-order valence-corrected chi connectivity index (χ1v) is 10.1. The van der Waals surface area contributed by atoms with Crippen molar-refractivity contribution in [3.63, 3.8) is 0 Å². The van der Waals surface area contributed by atoms with Gasteiger partial charge in [0.1, 0.15) is 23.6 Å². The summed E-state index contributed by atoms with van der Waals surface area (Å²) in [7, 11) is 3.02. The maximum Gasteiger partial charge on any atom is 0.133 e. The van der Waals surface area contributed by atoms with E-state index < -0.39 is 7.92 Å². The van der Waals surface area contributed by atoms with E-state index in [0.717, 1.165) is 40.3 Å². The van der Waals surface area contributed by atoms with Gasteiger partial charge in [0.15, 0.2) is 0 Å².